The standard InChI is InChI=1S/C17H21N3O/c1-12-9-16(19-15-6-4-3-5-14(12)15)20-8-7-13(11-20)10-17(21)18-2/h3-6,9,13H,7-8,10-11H2,1-2H3,(H,18,21). The predicted molar refractivity (Wildman–Crippen MR) is 85.5 cm³/mol. The fourth-order valence-corrected chi connectivity index (χ4v) is 3.07. The van der Waals surface area contributed by atoms with Gasteiger partial charge in [-0.3, -0.25) is 4.79 Å². The summed E-state index contributed by atoms with van der Waals surface area (Å²) in [4.78, 5) is 18.6. The summed E-state index contributed by atoms with van der Waals surface area (Å²) < 4.78 is 0. The fourth-order valence-electron chi connectivity index (χ4n) is 3.07. The third kappa shape index (κ3) is 2.84. The Hall–Kier alpha value is -2.10. The number of aromatic nitrogens is 1. The summed E-state index contributed by atoms with van der Waals surface area (Å²) >= 11 is 0. The van der Waals surface area contributed by atoms with Crippen molar-refractivity contribution in [3.63, 3.8) is 0 Å². The van der Waals surface area contributed by atoms with Crippen molar-refractivity contribution in [3.05, 3.63) is 35.9 Å². The van der Waals surface area contributed by atoms with Gasteiger partial charge >= 0.3 is 0 Å². The van der Waals surface area contributed by atoms with Crippen molar-refractivity contribution in [3.8, 4) is 0 Å². The van der Waals surface area contributed by atoms with Gasteiger partial charge in [-0.1, -0.05) is 18.2 Å². The highest BCUT2D eigenvalue weighted by molar-refractivity contribution is 5.84. The second kappa shape index (κ2) is 5.72. The third-order valence-electron chi connectivity index (χ3n) is 4.27. The zero-order valence-corrected chi connectivity index (χ0v) is 12.6. The summed E-state index contributed by atoms with van der Waals surface area (Å²) in [5.74, 6) is 1.59. The molecule has 1 aliphatic rings. The Balaban J connectivity index is 1.80. The Labute approximate surface area is 125 Å². The minimum absolute atomic E-state index is 0.129. The van der Waals surface area contributed by atoms with Gasteiger partial charge in [-0.15, -0.1) is 0 Å². The second-order valence-electron chi connectivity index (χ2n) is 5.79. The van der Waals surface area contributed by atoms with Crippen LogP contribution in [0.3, 0.4) is 0 Å². The van der Waals surface area contributed by atoms with Crippen molar-refractivity contribution in [2.45, 2.75) is 19.8 Å². The number of para-hydroxylation sites is 1. The molecule has 1 N–H and O–H groups in total. The van der Waals surface area contributed by atoms with E-state index in [1.807, 2.05) is 12.1 Å². The Morgan fingerprint density at radius 3 is 3.05 bits per heavy atom. The van der Waals surface area contributed by atoms with Crippen molar-refractivity contribution in [2.75, 3.05) is 25.0 Å². The summed E-state index contributed by atoms with van der Waals surface area (Å²) in [6, 6.07) is 10.4. The molecule has 110 valence electrons. The average Bonchev–Trinajstić information content (AvgIpc) is 2.95. The molecule has 0 radical (unpaired) electrons. The second-order valence-corrected chi connectivity index (χ2v) is 5.79. The summed E-state index contributed by atoms with van der Waals surface area (Å²) in [6.07, 6.45) is 1.67. The first-order valence-electron chi connectivity index (χ1n) is 7.49. The van der Waals surface area contributed by atoms with Gasteiger partial charge in [-0.25, -0.2) is 4.98 Å². The molecule has 0 spiro atoms. The van der Waals surface area contributed by atoms with Crippen LogP contribution >= 0.6 is 0 Å². The molecule has 1 aliphatic heterocycles. The number of benzene rings is 1. The first-order valence-corrected chi connectivity index (χ1v) is 7.49. The lowest BCUT2D eigenvalue weighted by molar-refractivity contribution is -0.121. The van der Waals surface area contributed by atoms with E-state index in [0.29, 0.717) is 12.3 Å². The highest BCUT2D eigenvalue weighted by Crippen LogP contribution is 2.27. The maximum Gasteiger partial charge on any atom is 0.220 e. The fraction of sp³-hybridized carbons (Fsp3) is 0.412. The lowest BCUT2D eigenvalue weighted by Gasteiger charge is -2.19. The topological polar surface area (TPSA) is 45.2 Å². The van der Waals surface area contributed by atoms with Crippen LogP contribution in [0.1, 0.15) is 18.4 Å². The van der Waals surface area contributed by atoms with Gasteiger partial charge in [0.1, 0.15) is 5.82 Å². The molecule has 1 saturated heterocycles. The van der Waals surface area contributed by atoms with E-state index in [-0.39, 0.29) is 5.91 Å². The molecule has 21 heavy (non-hydrogen) atoms. The molecular formula is C17H21N3O. The molecule has 1 aromatic heterocycles. The summed E-state index contributed by atoms with van der Waals surface area (Å²) in [5.41, 5.74) is 2.30. The molecule has 1 unspecified atom stereocenters. The van der Waals surface area contributed by atoms with Gasteiger partial charge in [0.25, 0.3) is 0 Å². The van der Waals surface area contributed by atoms with Crippen molar-refractivity contribution < 1.29 is 4.79 Å². The minimum atomic E-state index is 0.129. The van der Waals surface area contributed by atoms with E-state index in [2.05, 4.69) is 35.3 Å². The third-order valence-corrected chi connectivity index (χ3v) is 4.27. The van der Waals surface area contributed by atoms with E-state index in [0.717, 1.165) is 30.8 Å². The Morgan fingerprint density at radius 1 is 1.43 bits per heavy atom. The van der Waals surface area contributed by atoms with Gasteiger partial charge in [-0.2, -0.15) is 0 Å². The van der Waals surface area contributed by atoms with Crippen LogP contribution in [0.5, 0.6) is 0 Å². The number of amides is 1. The van der Waals surface area contributed by atoms with Crippen LogP contribution in [0, 0.1) is 12.8 Å². The first kappa shape index (κ1) is 13.9. The van der Waals surface area contributed by atoms with Gasteiger partial charge in [0, 0.05) is 31.9 Å². The van der Waals surface area contributed by atoms with E-state index in [1.54, 1.807) is 7.05 Å². The van der Waals surface area contributed by atoms with E-state index in [9.17, 15) is 4.79 Å². The van der Waals surface area contributed by atoms with Crippen LogP contribution in [0.15, 0.2) is 30.3 Å². The zero-order valence-electron chi connectivity index (χ0n) is 12.6. The number of fused-ring (bicyclic) bond motifs is 1. The first-order chi connectivity index (χ1) is 10.2. The number of rotatable bonds is 3. The molecule has 2 aromatic rings. The summed E-state index contributed by atoms with van der Waals surface area (Å²) in [7, 11) is 1.70. The Bertz CT molecular complexity index is 668. The van der Waals surface area contributed by atoms with Crippen molar-refractivity contribution in [1.82, 2.24) is 10.3 Å². The highest BCUT2D eigenvalue weighted by atomic mass is 16.1. The number of carbonyl (C=O) groups is 1. The van der Waals surface area contributed by atoms with Crippen LogP contribution in [-0.4, -0.2) is 31.0 Å². The van der Waals surface area contributed by atoms with Crippen molar-refractivity contribution in [2.24, 2.45) is 5.92 Å². The number of aryl methyl sites for hydroxylation is 1. The van der Waals surface area contributed by atoms with Crippen LogP contribution in [0.4, 0.5) is 5.82 Å². The lowest BCUT2D eigenvalue weighted by Crippen LogP contribution is -2.24. The Kier molecular flexibility index (Phi) is 3.78. The average molecular weight is 283 g/mol. The molecule has 1 fully saturated rings. The quantitative estimate of drug-likeness (QED) is 0.941. The number of pyridine rings is 1. The number of hydrogen-bond donors (Lipinski definition) is 1. The SMILES string of the molecule is CNC(=O)CC1CCN(c2cc(C)c3ccccc3n2)C1. The summed E-state index contributed by atoms with van der Waals surface area (Å²) in [5, 5.41) is 3.92. The predicted octanol–water partition coefficient (Wildman–Crippen LogP) is 2.51. The molecule has 4 nitrogen and oxygen atoms in total. The van der Waals surface area contributed by atoms with Crippen LogP contribution in [-0.2, 0) is 4.79 Å². The molecule has 0 bridgehead atoms. The maximum absolute atomic E-state index is 11.5. The van der Waals surface area contributed by atoms with E-state index in [1.165, 1.54) is 10.9 Å². The van der Waals surface area contributed by atoms with E-state index >= 15 is 0 Å². The van der Waals surface area contributed by atoms with Gasteiger partial charge in [0.15, 0.2) is 0 Å². The molecule has 0 saturated carbocycles. The lowest BCUT2D eigenvalue weighted by atomic mass is 10.0. The summed E-state index contributed by atoms with van der Waals surface area (Å²) in [6.45, 7) is 4.02. The molecule has 2 heterocycles. The van der Waals surface area contributed by atoms with E-state index in [4.69, 9.17) is 4.98 Å². The van der Waals surface area contributed by atoms with Crippen LogP contribution in [0.25, 0.3) is 10.9 Å². The number of carbonyl (C=O) groups excluding carboxylic acids is 1. The monoisotopic (exact) mass is 283 g/mol. The van der Waals surface area contributed by atoms with Crippen molar-refractivity contribution in [1.29, 1.82) is 0 Å². The zero-order chi connectivity index (χ0) is 14.8. The Morgan fingerprint density at radius 2 is 2.24 bits per heavy atom. The molecule has 3 rings (SSSR count). The number of nitrogens with one attached hydrogen (secondary N) is 1. The molecule has 4 heteroatoms. The minimum Gasteiger partial charge on any atom is -0.359 e. The van der Waals surface area contributed by atoms with Gasteiger partial charge in [0.05, 0.1) is 5.52 Å². The van der Waals surface area contributed by atoms with Gasteiger partial charge in [0.2, 0.25) is 5.91 Å². The van der Waals surface area contributed by atoms with Crippen molar-refractivity contribution >= 4 is 22.6 Å². The largest absolute Gasteiger partial charge is 0.359 e. The number of anilines is 1. The maximum atomic E-state index is 11.5. The highest BCUT2D eigenvalue weighted by Gasteiger charge is 2.25. The van der Waals surface area contributed by atoms with Crippen LogP contribution < -0.4 is 10.2 Å². The number of hydrogen-bond acceptors (Lipinski definition) is 3. The number of nitrogens with zero attached hydrogens (tertiary/aromatic N) is 2. The molecule has 0 aliphatic carbocycles. The van der Waals surface area contributed by atoms with Gasteiger partial charge < -0.3 is 10.2 Å². The molecule has 1 amide bonds. The molecule has 1 aromatic carbocycles. The molecular weight excluding hydrogens is 262 g/mol. The smallest absolute Gasteiger partial charge is 0.220 e. The van der Waals surface area contributed by atoms with Gasteiger partial charge in [-0.05, 0) is 37.0 Å². The van der Waals surface area contributed by atoms with E-state index < -0.39 is 0 Å². The normalized spacial score (nSPS) is 18.2. The molecule has 1 atom stereocenters. The van der Waals surface area contributed by atoms with Crippen LogP contribution in [0.2, 0.25) is 0 Å².